The van der Waals surface area contributed by atoms with Crippen LogP contribution in [0.1, 0.15) is 24.1 Å². The highest BCUT2D eigenvalue weighted by Gasteiger charge is 2.17. The molecule has 0 radical (unpaired) electrons. The summed E-state index contributed by atoms with van der Waals surface area (Å²) < 4.78 is 36.5. The molecule has 0 unspecified atom stereocenters. The summed E-state index contributed by atoms with van der Waals surface area (Å²) in [6.07, 6.45) is 3.45. The number of nitrogens with one attached hydrogen (secondary N) is 2. The van der Waals surface area contributed by atoms with Crippen LogP contribution in [0.4, 0.5) is 0 Å². The molecule has 0 fully saturated rings. The first-order chi connectivity index (χ1) is 13.0. The average molecular weight is 386 g/mol. The Kier molecular flexibility index (Phi) is 5.90. The van der Waals surface area contributed by atoms with Crippen molar-refractivity contribution < 1.29 is 13.2 Å². The Morgan fingerprint density at radius 2 is 1.81 bits per heavy atom. The summed E-state index contributed by atoms with van der Waals surface area (Å²) in [4.78, 5) is 0. The fraction of sp³-hybridized carbons (Fsp3) is 0.211. The lowest BCUT2D eigenvalue weighted by atomic mass is 10.2. The fourth-order valence-corrected chi connectivity index (χ4v) is 3.59. The fourth-order valence-electron chi connectivity index (χ4n) is 2.55. The van der Waals surface area contributed by atoms with Gasteiger partial charge in [0, 0.05) is 24.3 Å². The number of rotatable bonds is 8. The van der Waals surface area contributed by atoms with E-state index in [2.05, 4.69) is 14.5 Å². The van der Waals surface area contributed by atoms with E-state index in [4.69, 9.17) is 4.74 Å². The van der Waals surface area contributed by atoms with Crippen LogP contribution in [0, 0.1) is 0 Å². The zero-order chi connectivity index (χ0) is 19.3. The summed E-state index contributed by atoms with van der Waals surface area (Å²) in [5.74, 6) is 0.761. The van der Waals surface area contributed by atoms with Crippen LogP contribution in [0.15, 0.2) is 67.0 Å². The molecule has 1 atom stereocenters. The van der Waals surface area contributed by atoms with Crippen molar-refractivity contribution in [2.45, 2.75) is 19.5 Å². The number of nitrogens with zero attached hydrogens (tertiary/aromatic N) is 2. The van der Waals surface area contributed by atoms with E-state index in [-0.39, 0.29) is 6.54 Å². The van der Waals surface area contributed by atoms with Crippen molar-refractivity contribution in [3.63, 3.8) is 0 Å². The van der Waals surface area contributed by atoms with E-state index >= 15 is 0 Å². The summed E-state index contributed by atoms with van der Waals surface area (Å²) in [6, 6.07) is 16.4. The van der Waals surface area contributed by atoms with Crippen LogP contribution in [0.5, 0.6) is 5.75 Å². The molecule has 3 aromatic rings. The van der Waals surface area contributed by atoms with Crippen LogP contribution >= 0.6 is 0 Å². The van der Waals surface area contributed by atoms with Crippen molar-refractivity contribution in [1.82, 2.24) is 19.2 Å². The van der Waals surface area contributed by atoms with E-state index in [0.29, 0.717) is 0 Å². The smallest absolute Gasteiger partial charge is 0.277 e. The minimum atomic E-state index is -3.65. The Balaban J connectivity index is 1.63. The van der Waals surface area contributed by atoms with Crippen molar-refractivity contribution in [1.29, 1.82) is 0 Å². The molecule has 8 heteroatoms. The van der Waals surface area contributed by atoms with Crippen molar-refractivity contribution in [3.8, 4) is 11.4 Å². The van der Waals surface area contributed by atoms with Crippen LogP contribution < -0.4 is 14.2 Å². The van der Waals surface area contributed by atoms with Crippen LogP contribution in [-0.2, 0) is 16.8 Å². The van der Waals surface area contributed by atoms with E-state index in [1.165, 1.54) is 0 Å². The third-order valence-electron chi connectivity index (χ3n) is 4.08. The van der Waals surface area contributed by atoms with Gasteiger partial charge in [-0.05, 0) is 36.8 Å². The van der Waals surface area contributed by atoms with E-state index in [0.717, 1.165) is 22.6 Å². The lowest BCUT2D eigenvalue weighted by Gasteiger charge is -2.13. The Morgan fingerprint density at radius 1 is 1.11 bits per heavy atom. The van der Waals surface area contributed by atoms with E-state index in [1.54, 1.807) is 31.1 Å². The number of benzene rings is 2. The van der Waals surface area contributed by atoms with Gasteiger partial charge in [0.2, 0.25) is 0 Å². The minimum absolute atomic E-state index is 0.230. The molecule has 1 heterocycles. The standard InChI is InChI=1S/C19H22N4O3S/c1-15(22-27(24,25)21-12-16-6-4-3-5-7-16)17-13-20-23(14-17)18-8-10-19(26-2)11-9-18/h3-11,13-15,21-22H,12H2,1-2H3/t15-/m1/s1. The van der Waals surface area contributed by atoms with Gasteiger partial charge in [0.1, 0.15) is 5.75 Å². The van der Waals surface area contributed by atoms with Gasteiger partial charge in [-0.1, -0.05) is 30.3 Å². The highest BCUT2D eigenvalue weighted by molar-refractivity contribution is 7.87. The molecule has 0 bridgehead atoms. The SMILES string of the molecule is COc1ccc(-n2cc([C@@H](C)NS(=O)(=O)NCc3ccccc3)cn2)cc1. The Morgan fingerprint density at radius 3 is 2.48 bits per heavy atom. The topological polar surface area (TPSA) is 85.2 Å². The number of hydrogen-bond donors (Lipinski definition) is 2. The molecule has 0 saturated carbocycles. The second-order valence-corrected chi connectivity index (χ2v) is 7.60. The molecule has 1 aromatic heterocycles. The Hall–Kier alpha value is -2.68. The average Bonchev–Trinajstić information content (AvgIpc) is 3.17. The van der Waals surface area contributed by atoms with Gasteiger partial charge in [-0.3, -0.25) is 0 Å². The Labute approximate surface area is 159 Å². The second-order valence-electron chi connectivity index (χ2n) is 6.07. The third kappa shape index (κ3) is 5.16. The molecule has 0 saturated heterocycles. The molecule has 2 aromatic carbocycles. The van der Waals surface area contributed by atoms with Gasteiger partial charge < -0.3 is 4.74 Å². The maximum Gasteiger partial charge on any atom is 0.277 e. The molecule has 2 N–H and O–H groups in total. The zero-order valence-electron chi connectivity index (χ0n) is 15.2. The van der Waals surface area contributed by atoms with Crippen LogP contribution in [0.3, 0.4) is 0 Å². The molecule has 0 aliphatic carbocycles. The molecule has 3 rings (SSSR count). The summed E-state index contributed by atoms with van der Waals surface area (Å²) in [6.45, 7) is 2.01. The van der Waals surface area contributed by atoms with E-state index in [9.17, 15) is 8.42 Å². The van der Waals surface area contributed by atoms with Gasteiger partial charge in [0.25, 0.3) is 10.2 Å². The molecule has 0 amide bonds. The Bertz CT molecular complexity index is 970. The predicted molar refractivity (Wildman–Crippen MR) is 104 cm³/mol. The maximum absolute atomic E-state index is 12.3. The van der Waals surface area contributed by atoms with Gasteiger partial charge in [-0.15, -0.1) is 0 Å². The summed E-state index contributed by atoms with van der Waals surface area (Å²) in [5.41, 5.74) is 2.51. The molecule has 0 aliphatic rings. The number of aromatic nitrogens is 2. The number of ether oxygens (including phenoxy) is 1. The minimum Gasteiger partial charge on any atom is -0.497 e. The first kappa shape index (κ1) is 19.1. The summed E-state index contributed by atoms with van der Waals surface area (Å²) in [5, 5.41) is 4.31. The van der Waals surface area contributed by atoms with Crippen molar-refractivity contribution in [2.24, 2.45) is 0 Å². The molecular formula is C19H22N4O3S. The van der Waals surface area contributed by atoms with Gasteiger partial charge >= 0.3 is 0 Å². The van der Waals surface area contributed by atoms with Crippen LogP contribution in [-0.4, -0.2) is 25.3 Å². The molecule has 142 valence electrons. The highest BCUT2D eigenvalue weighted by Crippen LogP contribution is 2.17. The number of methoxy groups -OCH3 is 1. The van der Waals surface area contributed by atoms with Gasteiger partial charge in [-0.2, -0.15) is 23.0 Å². The van der Waals surface area contributed by atoms with Crippen molar-refractivity contribution in [2.75, 3.05) is 7.11 Å². The second kappa shape index (κ2) is 8.34. The quantitative estimate of drug-likeness (QED) is 0.623. The lowest BCUT2D eigenvalue weighted by molar-refractivity contribution is 0.414. The largest absolute Gasteiger partial charge is 0.497 e. The molecule has 0 aliphatic heterocycles. The van der Waals surface area contributed by atoms with Gasteiger partial charge in [-0.25, -0.2) is 4.68 Å². The van der Waals surface area contributed by atoms with E-state index in [1.807, 2.05) is 54.6 Å². The first-order valence-electron chi connectivity index (χ1n) is 8.47. The van der Waals surface area contributed by atoms with Crippen molar-refractivity contribution in [3.05, 3.63) is 78.1 Å². The number of hydrogen-bond acceptors (Lipinski definition) is 4. The van der Waals surface area contributed by atoms with Crippen LogP contribution in [0.25, 0.3) is 5.69 Å². The monoisotopic (exact) mass is 386 g/mol. The molecule has 0 spiro atoms. The van der Waals surface area contributed by atoms with Crippen molar-refractivity contribution >= 4 is 10.2 Å². The first-order valence-corrected chi connectivity index (χ1v) is 9.95. The summed E-state index contributed by atoms with van der Waals surface area (Å²) in [7, 11) is -2.03. The highest BCUT2D eigenvalue weighted by atomic mass is 32.2. The molecular weight excluding hydrogens is 364 g/mol. The molecule has 7 nitrogen and oxygen atoms in total. The summed E-state index contributed by atoms with van der Waals surface area (Å²) >= 11 is 0. The lowest BCUT2D eigenvalue weighted by Crippen LogP contribution is -2.37. The predicted octanol–water partition coefficient (Wildman–Crippen LogP) is 2.57. The van der Waals surface area contributed by atoms with Crippen LogP contribution in [0.2, 0.25) is 0 Å². The molecule has 27 heavy (non-hydrogen) atoms. The van der Waals surface area contributed by atoms with Gasteiger partial charge in [0.05, 0.1) is 19.0 Å². The van der Waals surface area contributed by atoms with Gasteiger partial charge in [0.15, 0.2) is 0 Å². The maximum atomic E-state index is 12.3. The zero-order valence-corrected chi connectivity index (χ0v) is 16.0. The third-order valence-corrected chi connectivity index (χ3v) is 5.27. The normalized spacial score (nSPS) is 12.7. The van der Waals surface area contributed by atoms with E-state index < -0.39 is 16.3 Å².